The van der Waals surface area contributed by atoms with Gasteiger partial charge < -0.3 is 15.5 Å². The van der Waals surface area contributed by atoms with E-state index >= 15 is 0 Å². The average Bonchev–Trinajstić information content (AvgIpc) is 2.45. The maximum absolute atomic E-state index is 13.2. The van der Waals surface area contributed by atoms with Crippen molar-refractivity contribution in [1.29, 1.82) is 0 Å². The molecule has 116 valence electrons. The molecule has 0 bridgehead atoms. The fourth-order valence-corrected chi connectivity index (χ4v) is 2.61. The number of carbonyl (C=O) groups excluding carboxylic acids is 1. The van der Waals surface area contributed by atoms with E-state index in [0.717, 1.165) is 13.0 Å². The van der Waals surface area contributed by atoms with Gasteiger partial charge in [-0.3, -0.25) is 0 Å². The van der Waals surface area contributed by atoms with Crippen molar-refractivity contribution in [2.45, 2.75) is 45.2 Å². The number of urea groups is 1. The van der Waals surface area contributed by atoms with Crippen molar-refractivity contribution in [2.75, 3.05) is 18.4 Å². The van der Waals surface area contributed by atoms with Crippen LogP contribution in [0.1, 0.15) is 33.1 Å². The number of anilines is 1. The summed E-state index contributed by atoms with van der Waals surface area (Å²) >= 11 is 0. The molecule has 21 heavy (non-hydrogen) atoms. The molecule has 1 aromatic rings. The number of nitrogens with zero attached hydrogens (tertiary/aromatic N) is 1. The van der Waals surface area contributed by atoms with E-state index in [0.29, 0.717) is 18.3 Å². The lowest BCUT2D eigenvalue weighted by molar-refractivity contribution is 0.183. The van der Waals surface area contributed by atoms with Gasteiger partial charge in [0.1, 0.15) is 5.82 Å². The first kappa shape index (κ1) is 15.8. The predicted octanol–water partition coefficient (Wildman–Crippen LogP) is 3.21. The third-order valence-electron chi connectivity index (χ3n) is 3.79. The number of hydrogen-bond acceptors (Lipinski definition) is 2. The first-order valence-electron chi connectivity index (χ1n) is 7.63. The molecule has 2 rings (SSSR count). The molecule has 0 spiro atoms. The third kappa shape index (κ3) is 4.70. The van der Waals surface area contributed by atoms with Crippen LogP contribution in [0.4, 0.5) is 14.9 Å². The summed E-state index contributed by atoms with van der Waals surface area (Å²) in [4.78, 5) is 14.2. The zero-order chi connectivity index (χ0) is 15.2. The molecule has 1 fully saturated rings. The molecule has 1 heterocycles. The van der Waals surface area contributed by atoms with Crippen LogP contribution in [0.25, 0.3) is 0 Å². The summed E-state index contributed by atoms with van der Waals surface area (Å²) in [7, 11) is 0. The number of hydrogen-bond donors (Lipinski definition) is 2. The van der Waals surface area contributed by atoms with Crippen molar-refractivity contribution in [3.05, 3.63) is 30.1 Å². The van der Waals surface area contributed by atoms with Gasteiger partial charge in [0.05, 0.1) is 0 Å². The molecule has 4 nitrogen and oxygen atoms in total. The molecule has 0 saturated carbocycles. The van der Waals surface area contributed by atoms with E-state index in [4.69, 9.17) is 0 Å². The average molecular weight is 293 g/mol. The minimum Gasteiger partial charge on any atom is -0.321 e. The summed E-state index contributed by atoms with van der Waals surface area (Å²) in [5, 5.41) is 6.22. The Labute approximate surface area is 125 Å². The van der Waals surface area contributed by atoms with Crippen LogP contribution in [0, 0.1) is 5.82 Å². The van der Waals surface area contributed by atoms with Gasteiger partial charge in [0.2, 0.25) is 0 Å². The maximum atomic E-state index is 13.2. The number of halogens is 1. The smallest absolute Gasteiger partial charge is 0.321 e. The van der Waals surface area contributed by atoms with Gasteiger partial charge >= 0.3 is 6.03 Å². The highest BCUT2D eigenvalue weighted by molar-refractivity contribution is 5.89. The van der Waals surface area contributed by atoms with Crippen LogP contribution in [0.2, 0.25) is 0 Å². The summed E-state index contributed by atoms with van der Waals surface area (Å²) in [6.07, 6.45) is 3.50. The number of carbonyl (C=O) groups is 1. The molecule has 0 aromatic heterocycles. The molecule has 1 aromatic carbocycles. The Hall–Kier alpha value is -1.62. The highest BCUT2D eigenvalue weighted by Gasteiger charge is 2.22. The SMILES string of the molecule is CC(C)N(CC1CCCCN1)C(=O)Nc1cccc(F)c1. The summed E-state index contributed by atoms with van der Waals surface area (Å²) in [6, 6.07) is 6.24. The molecule has 1 aliphatic heterocycles. The number of benzene rings is 1. The lowest BCUT2D eigenvalue weighted by Gasteiger charge is -2.33. The van der Waals surface area contributed by atoms with Gasteiger partial charge in [-0.25, -0.2) is 9.18 Å². The minimum atomic E-state index is -0.349. The number of nitrogens with one attached hydrogen (secondary N) is 2. The molecule has 5 heteroatoms. The van der Waals surface area contributed by atoms with Gasteiger partial charge in [0.15, 0.2) is 0 Å². The van der Waals surface area contributed by atoms with Crippen LogP contribution in [-0.4, -0.2) is 36.1 Å². The predicted molar refractivity (Wildman–Crippen MR) is 82.9 cm³/mol. The number of rotatable bonds is 4. The van der Waals surface area contributed by atoms with Crippen molar-refractivity contribution in [3.63, 3.8) is 0 Å². The molecule has 2 amide bonds. The lowest BCUT2D eigenvalue weighted by Crippen LogP contribution is -2.49. The van der Waals surface area contributed by atoms with Crippen molar-refractivity contribution < 1.29 is 9.18 Å². The largest absolute Gasteiger partial charge is 0.322 e. The fraction of sp³-hybridized carbons (Fsp3) is 0.562. The first-order valence-corrected chi connectivity index (χ1v) is 7.63. The molecule has 1 atom stereocenters. The van der Waals surface area contributed by atoms with Crippen LogP contribution in [-0.2, 0) is 0 Å². The Kier molecular flexibility index (Phi) is 5.56. The second-order valence-electron chi connectivity index (χ2n) is 5.83. The molecule has 0 aliphatic carbocycles. The molecule has 1 aliphatic rings. The van der Waals surface area contributed by atoms with E-state index in [1.54, 1.807) is 17.0 Å². The summed E-state index contributed by atoms with van der Waals surface area (Å²) in [5.74, 6) is -0.349. The van der Waals surface area contributed by atoms with Crippen LogP contribution in [0.5, 0.6) is 0 Å². The summed E-state index contributed by atoms with van der Waals surface area (Å²) in [6.45, 7) is 5.68. The zero-order valence-electron chi connectivity index (χ0n) is 12.7. The quantitative estimate of drug-likeness (QED) is 0.895. The van der Waals surface area contributed by atoms with Crippen LogP contribution in [0.15, 0.2) is 24.3 Å². The maximum Gasteiger partial charge on any atom is 0.322 e. The first-order chi connectivity index (χ1) is 10.1. The number of amides is 2. The third-order valence-corrected chi connectivity index (χ3v) is 3.79. The second kappa shape index (κ2) is 7.41. The molecular formula is C16H24FN3O. The van der Waals surface area contributed by atoms with Crippen LogP contribution >= 0.6 is 0 Å². The Bertz CT molecular complexity index is 472. The van der Waals surface area contributed by atoms with E-state index in [-0.39, 0.29) is 17.9 Å². The van der Waals surface area contributed by atoms with E-state index in [9.17, 15) is 9.18 Å². The molecule has 1 unspecified atom stereocenters. The minimum absolute atomic E-state index is 0.0993. The topological polar surface area (TPSA) is 44.4 Å². The highest BCUT2D eigenvalue weighted by Crippen LogP contribution is 2.14. The van der Waals surface area contributed by atoms with Crippen LogP contribution in [0.3, 0.4) is 0 Å². The normalized spacial score (nSPS) is 18.6. The Morgan fingerprint density at radius 2 is 2.29 bits per heavy atom. The van der Waals surface area contributed by atoms with Gasteiger partial charge in [0, 0.05) is 24.3 Å². The van der Waals surface area contributed by atoms with Gasteiger partial charge in [0.25, 0.3) is 0 Å². The van der Waals surface area contributed by atoms with E-state index in [2.05, 4.69) is 10.6 Å². The van der Waals surface area contributed by atoms with Crippen LogP contribution < -0.4 is 10.6 Å². The van der Waals surface area contributed by atoms with Crippen molar-refractivity contribution in [3.8, 4) is 0 Å². The highest BCUT2D eigenvalue weighted by atomic mass is 19.1. The Balaban J connectivity index is 1.98. The molecule has 1 saturated heterocycles. The molecule has 0 radical (unpaired) electrons. The fourth-order valence-electron chi connectivity index (χ4n) is 2.61. The standard InChI is InChI=1S/C16H24FN3O/c1-12(2)20(11-15-7-3-4-9-18-15)16(21)19-14-8-5-6-13(17)10-14/h5-6,8,10,12,15,18H,3-4,7,9,11H2,1-2H3,(H,19,21). The Morgan fingerprint density at radius 3 is 2.90 bits per heavy atom. The zero-order valence-corrected chi connectivity index (χ0v) is 12.7. The van der Waals surface area contributed by atoms with Gasteiger partial charge in [-0.2, -0.15) is 0 Å². The Morgan fingerprint density at radius 1 is 1.48 bits per heavy atom. The van der Waals surface area contributed by atoms with E-state index in [1.807, 2.05) is 13.8 Å². The van der Waals surface area contributed by atoms with E-state index in [1.165, 1.54) is 25.0 Å². The summed E-state index contributed by atoms with van der Waals surface area (Å²) < 4.78 is 13.2. The van der Waals surface area contributed by atoms with E-state index < -0.39 is 0 Å². The van der Waals surface area contributed by atoms with Crippen molar-refractivity contribution >= 4 is 11.7 Å². The van der Waals surface area contributed by atoms with Gasteiger partial charge in [-0.15, -0.1) is 0 Å². The number of piperidine rings is 1. The molecule has 2 N–H and O–H groups in total. The molecular weight excluding hydrogens is 269 g/mol. The monoisotopic (exact) mass is 293 g/mol. The van der Waals surface area contributed by atoms with Crippen molar-refractivity contribution in [2.24, 2.45) is 0 Å². The second-order valence-corrected chi connectivity index (χ2v) is 5.83. The van der Waals surface area contributed by atoms with Gasteiger partial charge in [-0.05, 0) is 51.4 Å². The van der Waals surface area contributed by atoms with Crippen molar-refractivity contribution in [1.82, 2.24) is 10.2 Å². The van der Waals surface area contributed by atoms with Gasteiger partial charge in [-0.1, -0.05) is 12.5 Å². The lowest BCUT2D eigenvalue weighted by atomic mass is 10.0. The summed E-state index contributed by atoms with van der Waals surface area (Å²) in [5.41, 5.74) is 0.488.